The van der Waals surface area contributed by atoms with Crippen molar-refractivity contribution in [2.24, 2.45) is 0 Å². The number of pyridine rings is 1. The van der Waals surface area contributed by atoms with Crippen molar-refractivity contribution in [1.29, 1.82) is 0 Å². The lowest BCUT2D eigenvalue weighted by atomic mass is 9.90. The Balaban J connectivity index is 1.71. The number of carbonyl (C=O) groups excluding carboxylic acids is 1. The van der Waals surface area contributed by atoms with Gasteiger partial charge in [0.15, 0.2) is 5.75 Å². The fraction of sp³-hybridized carbons (Fsp3) is 0.400. The highest BCUT2D eigenvalue weighted by Gasteiger charge is 2.25. The molecule has 1 amide bonds. The number of methoxy groups -OCH3 is 1. The van der Waals surface area contributed by atoms with E-state index in [4.69, 9.17) is 4.74 Å². The number of hydrogen-bond acceptors (Lipinski definition) is 3. The van der Waals surface area contributed by atoms with Gasteiger partial charge in [0, 0.05) is 25.2 Å². The number of rotatable bonds is 4. The van der Waals surface area contributed by atoms with E-state index in [1.54, 1.807) is 18.3 Å². The van der Waals surface area contributed by atoms with Crippen LogP contribution in [0.1, 0.15) is 29.9 Å². The third kappa shape index (κ3) is 3.92. The minimum absolute atomic E-state index is 0.0206. The second-order valence-electron chi connectivity index (χ2n) is 6.60. The standard InChI is InChI=1S/C20H24N2O3/c1-15-6-3-7-16(12-15)17-8-4-10-21(13-17)19(23)14-22-11-5-9-18(25-2)20(22)24/h3,5-7,9,11-12,17H,4,8,10,13-14H2,1-2H3/t17-/m1/s1. The number of aryl methyl sites for hydroxylation is 1. The summed E-state index contributed by atoms with van der Waals surface area (Å²) in [6.07, 6.45) is 3.70. The molecule has 0 spiro atoms. The average molecular weight is 340 g/mol. The van der Waals surface area contributed by atoms with Gasteiger partial charge in [-0.15, -0.1) is 0 Å². The quantitative estimate of drug-likeness (QED) is 0.859. The molecule has 1 aromatic heterocycles. The minimum Gasteiger partial charge on any atom is -0.491 e. The van der Waals surface area contributed by atoms with Crippen molar-refractivity contribution >= 4 is 5.91 Å². The Morgan fingerprint density at radius 1 is 1.28 bits per heavy atom. The number of benzene rings is 1. The first kappa shape index (κ1) is 17.3. The largest absolute Gasteiger partial charge is 0.491 e. The first-order chi connectivity index (χ1) is 12.1. The minimum atomic E-state index is -0.273. The van der Waals surface area contributed by atoms with E-state index in [2.05, 4.69) is 31.2 Å². The second-order valence-corrected chi connectivity index (χ2v) is 6.60. The molecule has 2 aromatic rings. The maximum atomic E-state index is 12.7. The molecule has 1 aliphatic heterocycles. The zero-order valence-corrected chi connectivity index (χ0v) is 14.8. The van der Waals surface area contributed by atoms with Crippen molar-refractivity contribution in [2.75, 3.05) is 20.2 Å². The first-order valence-corrected chi connectivity index (χ1v) is 8.66. The van der Waals surface area contributed by atoms with E-state index in [0.29, 0.717) is 12.5 Å². The molecule has 0 unspecified atom stereocenters. The van der Waals surface area contributed by atoms with Crippen molar-refractivity contribution in [2.45, 2.75) is 32.2 Å². The number of likely N-dealkylation sites (tertiary alicyclic amines) is 1. The molecule has 25 heavy (non-hydrogen) atoms. The van der Waals surface area contributed by atoms with Gasteiger partial charge in [-0.3, -0.25) is 9.59 Å². The fourth-order valence-corrected chi connectivity index (χ4v) is 3.44. The third-order valence-electron chi connectivity index (χ3n) is 4.80. The Labute approximate surface area is 147 Å². The Morgan fingerprint density at radius 2 is 2.12 bits per heavy atom. The van der Waals surface area contributed by atoms with Crippen molar-refractivity contribution in [3.63, 3.8) is 0 Å². The lowest BCUT2D eigenvalue weighted by Gasteiger charge is -2.33. The summed E-state index contributed by atoms with van der Waals surface area (Å²) in [7, 11) is 1.46. The van der Waals surface area contributed by atoms with Gasteiger partial charge in [-0.1, -0.05) is 29.8 Å². The normalized spacial score (nSPS) is 17.4. The van der Waals surface area contributed by atoms with Crippen molar-refractivity contribution in [3.05, 3.63) is 64.1 Å². The maximum absolute atomic E-state index is 12.7. The van der Waals surface area contributed by atoms with Gasteiger partial charge in [-0.2, -0.15) is 0 Å². The van der Waals surface area contributed by atoms with Gasteiger partial charge in [0.05, 0.1) is 7.11 Å². The molecule has 1 atom stereocenters. The Bertz CT molecular complexity index is 813. The van der Waals surface area contributed by atoms with Crippen LogP contribution in [0.5, 0.6) is 5.75 Å². The third-order valence-corrected chi connectivity index (χ3v) is 4.80. The molecular formula is C20H24N2O3. The summed E-state index contributed by atoms with van der Waals surface area (Å²) in [5, 5.41) is 0. The summed E-state index contributed by atoms with van der Waals surface area (Å²) in [4.78, 5) is 26.8. The van der Waals surface area contributed by atoms with E-state index < -0.39 is 0 Å². The monoisotopic (exact) mass is 340 g/mol. The van der Waals surface area contributed by atoms with E-state index in [1.807, 2.05) is 4.90 Å². The molecule has 3 rings (SSSR count). The van der Waals surface area contributed by atoms with Crippen LogP contribution in [0.15, 0.2) is 47.4 Å². The van der Waals surface area contributed by atoms with Gasteiger partial charge in [-0.05, 0) is 37.5 Å². The lowest BCUT2D eigenvalue weighted by Crippen LogP contribution is -2.42. The Morgan fingerprint density at radius 3 is 2.88 bits per heavy atom. The number of amides is 1. The molecule has 0 bridgehead atoms. The Kier molecular flexibility index (Phi) is 5.22. The number of piperidine rings is 1. The summed E-state index contributed by atoms with van der Waals surface area (Å²) in [5.74, 6) is 0.596. The second kappa shape index (κ2) is 7.55. The van der Waals surface area contributed by atoms with Gasteiger partial charge in [-0.25, -0.2) is 0 Å². The number of ether oxygens (including phenoxy) is 1. The molecule has 0 saturated carbocycles. The van der Waals surface area contributed by atoms with Gasteiger partial charge >= 0.3 is 0 Å². The van der Waals surface area contributed by atoms with Crippen LogP contribution in [0.4, 0.5) is 0 Å². The summed E-state index contributed by atoms with van der Waals surface area (Å²) in [5.41, 5.74) is 2.26. The number of carbonyl (C=O) groups is 1. The van der Waals surface area contributed by atoms with E-state index in [9.17, 15) is 9.59 Å². The number of nitrogens with zero attached hydrogens (tertiary/aromatic N) is 2. The molecule has 5 heteroatoms. The molecule has 1 saturated heterocycles. The molecule has 2 heterocycles. The van der Waals surface area contributed by atoms with Crippen LogP contribution in [0.2, 0.25) is 0 Å². The molecule has 1 aliphatic rings. The van der Waals surface area contributed by atoms with Crippen LogP contribution in [0, 0.1) is 6.92 Å². The lowest BCUT2D eigenvalue weighted by molar-refractivity contribution is -0.133. The van der Waals surface area contributed by atoms with E-state index in [-0.39, 0.29) is 23.8 Å². The Hall–Kier alpha value is -2.56. The molecular weight excluding hydrogens is 316 g/mol. The van der Waals surface area contributed by atoms with Crippen LogP contribution in [0.25, 0.3) is 0 Å². The molecule has 1 aromatic carbocycles. The van der Waals surface area contributed by atoms with Gasteiger partial charge in [0.1, 0.15) is 6.54 Å². The van der Waals surface area contributed by atoms with Crippen molar-refractivity contribution < 1.29 is 9.53 Å². The SMILES string of the molecule is COc1cccn(CC(=O)N2CCC[C@@H](c3cccc(C)c3)C2)c1=O. The van der Waals surface area contributed by atoms with Crippen LogP contribution >= 0.6 is 0 Å². The van der Waals surface area contributed by atoms with Crippen LogP contribution < -0.4 is 10.3 Å². The van der Waals surface area contributed by atoms with Crippen molar-refractivity contribution in [3.8, 4) is 5.75 Å². The smallest absolute Gasteiger partial charge is 0.293 e. The first-order valence-electron chi connectivity index (χ1n) is 8.66. The molecule has 5 nitrogen and oxygen atoms in total. The summed E-state index contributed by atoms with van der Waals surface area (Å²) in [6.45, 7) is 3.60. The average Bonchev–Trinajstić information content (AvgIpc) is 2.63. The van der Waals surface area contributed by atoms with Crippen molar-refractivity contribution in [1.82, 2.24) is 9.47 Å². The van der Waals surface area contributed by atoms with Gasteiger partial charge < -0.3 is 14.2 Å². The zero-order chi connectivity index (χ0) is 17.8. The van der Waals surface area contributed by atoms with E-state index in [1.165, 1.54) is 22.8 Å². The predicted molar refractivity (Wildman–Crippen MR) is 97.0 cm³/mol. The highest BCUT2D eigenvalue weighted by molar-refractivity contribution is 5.76. The summed E-state index contributed by atoms with van der Waals surface area (Å²) < 4.78 is 6.45. The predicted octanol–water partition coefficient (Wildman–Crippen LogP) is 2.57. The van der Waals surface area contributed by atoms with Crippen LogP contribution in [-0.4, -0.2) is 35.6 Å². The highest BCUT2D eigenvalue weighted by atomic mass is 16.5. The molecule has 0 aliphatic carbocycles. The maximum Gasteiger partial charge on any atom is 0.293 e. The zero-order valence-electron chi connectivity index (χ0n) is 14.8. The van der Waals surface area contributed by atoms with E-state index >= 15 is 0 Å². The fourth-order valence-electron chi connectivity index (χ4n) is 3.44. The van der Waals surface area contributed by atoms with Crippen LogP contribution in [-0.2, 0) is 11.3 Å². The molecule has 0 N–H and O–H groups in total. The van der Waals surface area contributed by atoms with Crippen LogP contribution in [0.3, 0.4) is 0 Å². The van der Waals surface area contributed by atoms with Gasteiger partial charge in [0.25, 0.3) is 5.56 Å². The summed E-state index contributed by atoms with van der Waals surface area (Å²) >= 11 is 0. The number of hydrogen-bond donors (Lipinski definition) is 0. The molecule has 0 radical (unpaired) electrons. The topological polar surface area (TPSA) is 51.5 Å². The van der Waals surface area contributed by atoms with Gasteiger partial charge in [0.2, 0.25) is 5.91 Å². The molecule has 132 valence electrons. The highest BCUT2D eigenvalue weighted by Crippen LogP contribution is 2.27. The van der Waals surface area contributed by atoms with E-state index in [0.717, 1.165) is 19.4 Å². The number of aromatic nitrogens is 1. The molecule has 1 fully saturated rings. The summed E-state index contributed by atoms with van der Waals surface area (Å²) in [6, 6.07) is 11.8.